The van der Waals surface area contributed by atoms with E-state index in [-0.39, 0.29) is 6.10 Å². The average Bonchev–Trinajstić information content (AvgIpc) is 2.43. The van der Waals surface area contributed by atoms with Crippen molar-refractivity contribution in [3.8, 4) is 0 Å². The summed E-state index contributed by atoms with van der Waals surface area (Å²) in [4.78, 5) is 0. The number of benzene rings is 1. The number of aliphatic hydroxyl groups excluding tert-OH is 1. The second-order valence-corrected chi connectivity index (χ2v) is 4.14. The molecule has 0 amide bonds. The summed E-state index contributed by atoms with van der Waals surface area (Å²) in [7, 11) is 1.86. The summed E-state index contributed by atoms with van der Waals surface area (Å²) < 4.78 is 1.76. The fourth-order valence-electron chi connectivity index (χ4n) is 1.86. The molecule has 0 radical (unpaired) electrons. The third-order valence-electron chi connectivity index (χ3n) is 2.42. The molecule has 0 aliphatic heterocycles. The van der Waals surface area contributed by atoms with Gasteiger partial charge in [0.1, 0.15) is 0 Å². The van der Waals surface area contributed by atoms with Crippen molar-refractivity contribution in [2.24, 2.45) is 7.05 Å². The van der Waals surface area contributed by atoms with E-state index in [1.54, 1.807) is 11.6 Å². The van der Waals surface area contributed by atoms with Gasteiger partial charge in [-0.2, -0.15) is 5.10 Å². The number of hydrogen-bond donors (Lipinski definition) is 1. The molecule has 1 aromatic heterocycles. The predicted molar refractivity (Wildman–Crippen MR) is 61.1 cm³/mol. The molecule has 1 unspecified atom stereocenters. The molecule has 1 heterocycles. The fourth-order valence-corrected chi connectivity index (χ4v) is 2.12. The van der Waals surface area contributed by atoms with Crippen molar-refractivity contribution in [2.45, 2.75) is 19.4 Å². The Labute approximate surface area is 93.3 Å². The van der Waals surface area contributed by atoms with E-state index in [9.17, 15) is 5.11 Å². The lowest BCUT2D eigenvalue weighted by Gasteiger charge is -2.06. The number of para-hydroxylation sites is 1. The van der Waals surface area contributed by atoms with E-state index in [0.29, 0.717) is 11.6 Å². The number of aryl methyl sites for hydroxylation is 1. The Morgan fingerprint density at radius 3 is 2.93 bits per heavy atom. The fraction of sp³-hybridized carbons (Fsp3) is 0.364. The molecular formula is C11H13ClN2O. The van der Waals surface area contributed by atoms with Crippen molar-refractivity contribution < 1.29 is 5.11 Å². The minimum atomic E-state index is -0.357. The number of aromatic nitrogens is 2. The SMILES string of the molecule is CC(O)Cc1cccc2c(Cl)nn(C)c12. The zero-order chi connectivity index (χ0) is 11.0. The lowest BCUT2D eigenvalue weighted by molar-refractivity contribution is 0.196. The minimum absolute atomic E-state index is 0.357. The van der Waals surface area contributed by atoms with Crippen LogP contribution in [0.2, 0.25) is 5.15 Å². The maximum atomic E-state index is 9.40. The largest absolute Gasteiger partial charge is 0.393 e. The normalized spacial score (nSPS) is 13.3. The number of rotatable bonds is 2. The number of nitrogens with zero attached hydrogens (tertiary/aromatic N) is 2. The first-order valence-electron chi connectivity index (χ1n) is 4.87. The van der Waals surface area contributed by atoms with Gasteiger partial charge >= 0.3 is 0 Å². The van der Waals surface area contributed by atoms with Crippen molar-refractivity contribution in [1.82, 2.24) is 9.78 Å². The van der Waals surface area contributed by atoms with E-state index in [1.807, 2.05) is 25.2 Å². The molecule has 0 aliphatic rings. The van der Waals surface area contributed by atoms with E-state index in [2.05, 4.69) is 5.10 Å². The van der Waals surface area contributed by atoms with E-state index in [4.69, 9.17) is 11.6 Å². The maximum absolute atomic E-state index is 9.40. The Bertz CT molecular complexity index is 491. The summed E-state index contributed by atoms with van der Waals surface area (Å²) in [5.74, 6) is 0. The molecule has 0 aliphatic carbocycles. The Kier molecular flexibility index (Phi) is 2.67. The maximum Gasteiger partial charge on any atom is 0.158 e. The van der Waals surface area contributed by atoms with Crippen molar-refractivity contribution in [3.05, 3.63) is 28.9 Å². The van der Waals surface area contributed by atoms with E-state index in [1.165, 1.54) is 0 Å². The van der Waals surface area contributed by atoms with Crippen LogP contribution in [-0.4, -0.2) is 21.0 Å². The molecule has 0 bridgehead atoms. The molecule has 80 valence electrons. The molecule has 0 spiro atoms. The van der Waals surface area contributed by atoms with Crippen LogP contribution in [0.3, 0.4) is 0 Å². The highest BCUT2D eigenvalue weighted by molar-refractivity contribution is 6.34. The quantitative estimate of drug-likeness (QED) is 0.849. The minimum Gasteiger partial charge on any atom is -0.393 e. The number of hydrogen-bond acceptors (Lipinski definition) is 2. The Morgan fingerprint density at radius 2 is 2.27 bits per heavy atom. The van der Waals surface area contributed by atoms with E-state index >= 15 is 0 Å². The second kappa shape index (κ2) is 3.83. The standard InChI is InChI=1S/C11H13ClN2O/c1-7(15)6-8-4-3-5-9-10(8)14(2)13-11(9)12/h3-5,7,15H,6H2,1-2H3. The predicted octanol–water partition coefficient (Wildman–Crippen LogP) is 2.15. The molecule has 1 N–H and O–H groups in total. The van der Waals surface area contributed by atoms with Gasteiger partial charge in [-0.15, -0.1) is 0 Å². The number of halogens is 1. The van der Waals surface area contributed by atoms with Crippen LogP contribution in [0.4, 0.5) is 0 Å². The molecule has 2 rings (SSSR count). The van der Waals surface area contributed by atoms with Crippen LogP contribution in [0.1, 0.15) is 12.5 Å². The third kappa shape index (κ3) is 1.85. The van der Waals surface area contributed by atoms with Gasteiger partial charge in [0.15, 0.2) is 5.15 Å². The first kappa shape index (κ1) is 10.5. The van der Waals surface area contributed by atoms with Crippen LogP contribution in [0.15, 0.2) is 18.2 Å². The molecule has 0 saturated carbocycles. The van der Waals surface area contributed by atoms with Crippen LogP contribution in [-0.2, 0) is 13.5 Å². The highest BCUT2D eigenvalue weighted by Crippen LogP contribution is 2.25. The molecule has 1 aromatic carbocycles. The smallest absolute Gasteiger partial charge is 0.158 e. The van der Waals surface area contributed by atoms with Gasteiger partial charge in [-0.1, -0.05) is 23.7 Å². The van der Waals surface area contributed by atoms with Crippen LogP contribution in [0.25, 0.3) is 10.9 Å². The van der Waals surface area contributed by atoms with Gasteiger partial charge in [-0.05, 0) is 18.6 Å². The van der Waals surface area contributed by atoms with Gasteiger partial charge in [0.25, 0.3) is 0 Å². The van der Waals surface area contributed by atoms with E-state index in [0.717, 1.165) is 16.5 Å². The zero-order valence-corrected chi connectivity index (χ0v) is 9.49. The van der Waals surface area contributed by atoms with Crippen molar-refractivity contribution in [1.29, 1.82) is 0 Å². The monoisotopic (exact) mass is 224 g/mol. The molecule has 15 heavy (non-hydrogen) atoms. The first-order valence-corrected chi connectivity index (χ1v) is 5.25. The molecule has 0 saturated heterocycles. The summed E-state index contributed by atoms with van der Waals surface area (Å²) in [6.07, 6.45) is 0.261. The highest BCUT2D eigenvalue weighted by Gasteiger charge is 2.11. The Balaban J connectivity index is 2.64. The molecule has 3 nitrogen and oxygen atoms in total. The number of fused-ring (bicyclic) bond motifs is 1. The Morgan fingerprint density at radius 1 is 1.53 bits per heavy atom. The van der Waals surface area contributed by atoms with Gasteiger partial charge < -0.3 is 5.11 Å². The molecule has 2 aromatic rings. The van der Waals surface area contributed by atoms with Crippen molar-refractivity contribution >= 4 is 22.5 Å². The molecular weight excluding hydrogens is 212 g/mol. The van der Waals surface area contributed by atoms with Crippen LogP contribution >= 0.6 is 11.6 Å². The zero-order valence-electron chi connectivity index (χ0n) is 8.74. The summed E-state index contributed by atoms with van der Waals surface area (Å²) >= 11 is 5.99. The van der Waals surface area contributed by atoms with Crippen molar-refractivity contribution in [2.75, 3.05) is 0 Å². The molecule has 1 atom stereocenters. The van der Waals surface area contributed by atoms with Gasteiger partial charge in [0.2, 0.25) is 0 Å². The average molecular weight is 225 g/mol. The van der Waals surface area contributed by atoms with E-state index < -0.39 is 0 Å². The van der Waals surface area contributed by atoms with Crippen LogP contribution in [0, 0.1) is 0 Å². The number of aliphatic hydroxyl groups is 1. The Hall–Kier alpha value is -1.06. The van der Waals surface area contributed by atoms with Gasteiger partial charge in [0.05, 0.1) is 11.6 Å². The summed E-state index contributed by atoms with van der Waals surface area (Å²) in [5.41, 5.74) is 2.08. The summed E-state index contributed by atoms with van der Waals surface area (Å²) in [6.45, 7) is 1.77. The van der Waals surface area contributed by atoms with Crippen LogP contribution in [0.5, 0.6) is 0 Å². The first-order chi connectivity index (χ1) is 7.09. The summed E-state index contributed by atoms with van der Waals surface area (Å²) in [6, 6.07) is 5.87. The molecule has 4 heteroatoms. The van der Waals surface area contributed by atoms with Crippen LogP contribution < -0.4 is 0 Å². The lowest BCUT2D eigenvalue weighted by atomic mass is 10.1. The molecule has 0 fully saturated rings. The topological polar surface area (TPSA) is 38.1 Å². The van der Waals surface area contributed by atoms with Crippen molar-refractivity contribution in [3.63, 3.8) is 0 Å². The second-order valence-electron chi connectivity index (χ2n) is 3.78. The highest BCUT2D eigenvalue weighted by atomic mass is 35.5. The lowest BCUT2D eigenvalue weighted by Crippen LogP contribution is -2.05. The van der Waals surface area contributed by atoms with Gasteiger partial charge in [-0.25, -0.2) is 0 Å². The third-order valence-corrected chi connectivity index (χ3v) is 2.70. The summed E-state index contributed by atoms with van der Waals surface area (Å²) in [5, 5.41) is 15.0. The van der Waals surface area contributed by atoms with Gasteiger partial charge in [-0.3, -0.25) is 4.68 Å². The van der Waals surface area contributed by atoms with Gasteiger partial charge in [0, 0.05) is 18.9 Å².